The Morgan fingerprint density at radius 1 is 0.657 bits per heavy atom. The molecule has 35 heavy (non-hydrogen) atoms. The van der Waals surface area contributed by atoms with Crippen molar-refractivity contribution >= 4 is 23.2 Å². The summed E-state index contributed by atoms with van der Waals surface area (Å²) < 4.78 is 11.5. The number of hydrogen-bond donors (Lipinski definition) is 1. The molecule has 0 radical (unpaired) electrons. The molecule has 0 spiro atoms. The molecule has 6 heteroatoms. The van der Waals surface area contributed by atoms with Crippen molar-refractivity contribution in [1.82, 2.24) is 0 Å². The Bertz CT molecular complexity index is 1430. The van der Waals surface area contributed by atoms with Crippen molar-refractivity contribution in [3.63, 3.8) is 0 Å². The van der Waals surface area contributed by atoms with Crippen LogP contribution in [0, 0.1) is 0 Å². The van der Waals surface area contributed by atoms with Crippen molar-refractivity contribution in [1.29, 1.82) is 0 Å². The molecule has 1 amide bonds. The van der Waals surface area contributed by atoms with Gasteiger partial charge in [0.2, 0.25) is 0 Å². The average molecular weight is 463 g/mol. The molecule has 0 saturated heterocycles. The van der Waals surface area contributed by atoms with Gasteiger partial charge < -0.3 is 14.8 Å². The van der Waals surface area contributed by atoms with E-state index in [1.165, 1.54) is 0 Å². The number of rotatable bonds is 6. The Morgan fingerprint density at radius 2 is 1.23 bits per heavy atom. The topological polar surface area (TPSA) is 81.7 Å². The van der Waals surface area contributed by atoms with Gasteiger partial charge in [0.15, 0.2) is 17.7 Å². The molecule has 0 saturated carbocycles. The molecule has 4 aromatic carbocycles. The molecule has 0 aliphatic heterocycles. The molecule has 1 aliphatic rings. The van der Waals surface area contributed by atoms with E-state index in [0.717, 1.165) is 5.75 Å². The van der Waals surface area contributed by atoms with Gasteiger partial charge in [0.1, 0.15) is 17.2 Å². The van der Waals surface area contributed by atoms with Crippen LogP contribution in [0.5, 0.6) is 17.2 Å². The summed E-state index contributed by atoms with van der Waals surface area (Å²) in [5.41, 5.74) is 1.44. The van der Waals surface area contributed by atoms with Crippen LogP contribution in [0.2, 0.25) is 0 Å². The maximum Gasteiger partial charge on any atom is 0.265 e. The van der Waals surface area contributed by atoms with Crippen LogP contribution in [0.15, 0.2) is 97.1 Å². The minimum atomic E-state index is -0.853. The standard InChI is InChI=1S/C29H21NO5/c1-18(34-20-14-16-21(17-15-20)35-19-8-3-2-4-9-19)29(33)30-25-13-7-12-24-26(25)28(32)23-11-6-5-10-22(23)27(24)31/h2-18H,1H3,(H,30,33). The highest BCUT2D eigenvalue weighted by molar-refractivity contribution is 6.30. The predicted octanol–water partition coefficient (Wildman–Crippen LogP) is 5.66. The lowest BCUT2D eigenvalue weighted by atomic mass is 9.83. The number of para-hydroxylation sites is 1. The summed E-state index contributed by atoms with van der Waals surface area (Å²) in [6, 6.07) is 27.9. The Balaban J connectivity index is 1.29. The number of amides is 1. The fourth-order valence-corrected chi connectivity index (χ4v) is 3.95. The highest BCUT2D eigenvalue weighted by atomic mass is 16.5. The van der Waals surface area contributed by atoms with Gasteiger partial charge in [-0.1, -0.05) is 54.6 Å². The van der Waals surface area contributed by atoms with Gasteiger partial charge >= 0.3 is 0 Å². The summed E-state index contributed by atoms with van der Waals surface area (Å²) in [7, 11) is 0. The summed E-state index contributed by atoms with van der Waals surface area (Å²) in [5, 5.41) is 2.75. The van der Waals surface area contributed by atoms with Gasteiger partial charge in [0.25, 0.3) is 5.91 Å². The molecule has 172 valence electrons. The normalized spacial score (nSPS) is 12.8. The predicted molar refractivity (Wildman–Crippen MR) is 131 cm³/mol. The number of ether oxygens (including phenoxy) is 2. The first-order valence-corrected chi connectivity index (χ1v) is 11.1. The van der Waals surface area contributed by atoms with E-state index in [9.17, 15) is 14.4 Å². The minimum absolute atomic E-state index is 0.194. The number of fused-ring (bicyclic) bond motifs is 2. The van der Waals surface area contributed by atoms with Gasteiger partial charge in [-0.2, -0.15) is 0 Å². The molecule has 0 fully saturated rings. The van der Waals surface area contributed by atoms with Crippen molar-refractivity contribution in [3.8, 4) is 17.2 Å². The van der Waals surface area contributed by atoms with E-state index in [-0.39, 0.29) is 28.4 Å². The van der Waals surface area contributed by atoms with E-state index in [1.807, 2.05) is 30.3 Å². The van der Waals surface area contributed by atoms with Gasteiger partial charge in [-0.15, -0.1) is 0 Å². The number of carbonyl (C=O) groups excluding carboxylic acids is 3. The summed E-state index contributed by atoms with van der Waals surface area (Å²) in [4.78, 5) is 38.9. The molecule has 1 atom stereocenters. The Hall–Kier alpha value is -4.71. The van der Waals surface area contributed by atoms with Gasteiger partial charge in [0, 0.05) is 16.7 Å². The Kier molecular flexibility index (Phi) is 5.85. The monoisotopic (exact) mass is 463 g/mol. The van der Waals surface area contributed by atoms with Crippen LogP contribution in [-0.2, 0) is 4.79 Å². The van der Waals surface area contributed by atoms with Crippen LogP contribution >= 0.6 is 0 Å². The van der Waals surface area contributed by atoms with Crippen molar-refractivity contribution < 1.29 is 23.9 Å². The third-order valence-electron chi connectivity index (χ3n) is 5.70. The SMILES string of the molecule is CC(Oc1ccc(Oc2ccccc2)cc1)C(=O)Nc1cccc2c1C(=O)c1ccccc1C2=O. The lowest BCUT2D eigenvalue weighted by Gasteiger charge is -2.21. The zero-order chi connectivity index (χ0) is 24.4. The summed E-state index contributed by atoms with van der Waals surface area (Å²) in [6.45, 7) is 1.61. The van der Waals surface area contributed by atoms with Crippen LogP contribution < -0.4 is 14.8 Å². The maximum absolute atomic E-state index is 13.1. The fourth-order valence-electron chi connectivity index (χ4n) is 3.95. The molecular formula is C29H21NO5. The second kappa shape index (κ2) is 9.27. The quantitative estimate of drug-likeness (QED) is 0.351. The van der Waals surface area contributed by atoms with Gasteiger partial charge in [-0.05, 0) is 49.4 Å². The zero-order valence-electron chi connectivity index (χ0n) is 18.9. The van der Waals surface area contributed by atoms with E-state index < -0.39 is 12.0 Å². The summed E-state index contributed by atoms with van der Waals surface area (Å²) >= 11 is 0. The molecule has 0 bridgehead atoms. The van der Waals surface area contributed by atoms with E-state index in [0.29, 0.717) is 22.6 Å². The molecule has 1 aliphatic carbocycles. The third kappa shape index (κ3) is 4.42. The highest BCUT2D eigenvalue weighted by Crippen LogP contribution is 2.32. The first-order chi connectivity index (χ1) is 17.0. The summed E-state index contributed by atoms with van der Waals surface area (Å²) in [5.74, 6) is 0.864. The number of anilines is 1. The average Bonchev–Trinajstić information content (AvgIpc) is 2.89. The van der Waals surface area contributed by atoms with Gasteiger partial charge in [-0.3, -0.25) is 14.4 Å². The molecule has 1 unspecified atom stereocenters. The molecular weight excluding hydrogens is 442 g/mol. The van der Waals surface area contributed by atoms with Crippen LogP contribution in [0.25, 0.3) is 0 Å². The van der Waals surface area contributed by atoms with Gasteiger partial charge in [-0.25, -0.2) is 0 Å². The smallest absolute Gasteiger partial charge is 0.265 e. The molecule has 0 aromatic heterocycles. The number of benzene rings is 4. The zero-order valence-corrected chi connectivity index (χ0v) is 18.9. The van der Waals surface area contributed by atoms with Crippen LogP contribution in [0.4, 0.5) is 5.69 Å². The van der Waals surface area contributed by atoms with E-state index in [4.69, 9.17) is 9.47 Å². The Labute approximate surface area is 202 Å². The largest absolute Gasteiger partial charge is 0.481 e. The second-order valence-electron chi connectivity index (χ2n) is 8.07. The highest BCUT2D eigenvalue weighted by Gasteiger charge is 2.32. The Morgan fingerprint density at radius 3 is 1.94 bits per heavy atom. The molecule has 6 nitrogen and oxygen atoms in total. The number of ketones is 2. The first kappa shape index (κ1) is 22.1. The molecule has 0 heterocycles. The second-order valence-corrected chi connectivity index (χ2v) is 8.07. The number of carbonyl (C=O) groups is 3. The third-order valence-corrected chi connectivity index (χ3v) is 5.70. The van der Waals surface area contributed by atoms with Crippen LogP contribution in [0.3, 0.4) is 0 Å². The van der Waals surface area contributed by atoms with Crippen LogP contribution in [0.1, 0.15) is 38.8 Å². The van der Waals surface area contributed by atoms with Crippen LogP contribution in [-0.4, -0.2) is 23.6 Å². The van der Waals surface area contributed by atoms with E-state index in [1.54, 1.807) is 73.7 Å². The molecule has 1 N–H and O–H groups in total. The van der Waals surface area contributed by atoms with Crippen molar-refractivity contribution in [2.75, 3.05) is 5.32 Å². The molecule has 4 aromatic rings. The van der Waals surface area contributed by atoms with Crippen molar-refractivity contribution in [3.05, 3.63) is 119 Å². The fraction of sp³-hybridized carbons (Fsp3) is 0.0690. The maximum atomic E-state index is 13.1. The molecule has 5 rings (SSSR count). The van der Waals surface area contributed by atoms with Crippen molar-refractivity contribution in [2.45, 2.75) is 13.0 Å². The lowest BCUT2D eigenvalue weighted by molar-refractivity contribution is -0.122. The first-order valence-electron chi connectivity index (χ1n) is 11.1. The van der Waals surface area contributed by atoms with Gasteiger partial charge in [0.05, 0.1) is 11.3 Å². The van der Waals surface area contributed by atoms with E-state index >= 15 is 0 Å². The number of hydrogen-bond acceptors (Lipinski definition) is 5. The lowest BCUT2D eigenvalue weighted by Crippen LogP contribution is -2.31. The van der Waals surface area contributed by atoms with E-state index in [2.05, 4.69) is 5.32 Å². The minimum Gasteiger partial charge on any atom is -0.481 e. The number of nitrogens with one attached hydrogen (secondary N) is 1. The van der Waals surface area contributed by atoms with Crippen molar-refractivity contribution in [2.24, 2.45) is 0 Å². The summed E-state index contributed by atoms with van der Waals surface area (Å²) in [6.07, 6.45) is -0.853.